The summed E-state index contributed by atoms with van der Waals surface area (Å²) in [6.07, 6.45) is 1.25. The number of likely N-dealkylation sites (tertiary alicyclic amines) is 1. The lowest BCUT2D eigenvalue weighted by atomic mass is 9.92. The Kier molecular flexibility index (Phi) is 4.43. The molecule has 1 aromatic rings. The summed E-state index contributed by atoms with van der Waals surface area (Å²) in [5.41, 5.74) is 0.223. The molecule has 0 bridgehead atoms. The van der Waals surface area contributed by atoms with Crippen molar-refractivity contribution in [3.63, 3.8) is 0 Å². The Morgan fingerprint density at radius 2 is 1.95 bits per heavy atom. The van der Waals surface area contributed by atoms with Gasteiger partial charge in [-0.05, 0) is 30.4 Å². The van der Waals surface area contributed by atoms with Crippen molar-refractivity contribution in [3.05, 3.63) is 29.8 Å². The predicted octanol–water partition coefficient (Wildman–Crippen LogP) is 2.70. The molecule has 2 atom stereocenters. The summed E-state index contributed by atoms with van der Waals surface area (Å²) in [5, 5.41) is 9.09. The molecule has 0 radical (unpaired) electrons. The highest BCUT2D eigenvalue weighted by atomic mass is 16.5. The number of carboxylic acid groups (broad SMARTS) is 1. The molecule has 0 aliphatic carbocycles. The quantitative estimate of drug-likeness (QED) is 0.907. The molecule has 2 unspecified atom stereocenters. The first-order valence-corrected chi connectivity index (χ1v) is 6.73. The fourth-order valence-corrected chi connectivity index (χ4v) is 2.83. The number of carbonyl (C=O) groups is 1. The second kappa shape index (κ2) is 6.06. The van der Waals surface area contributed by atoms with Gasteiger partial charge in [-0.15, -0.1) is 0 Å². The van der Waals surface area contributed by atoms with E-state index in [-0.39, 0.29) is 5.56 Å². The summed E-state index contributed by atoms with van der Waals surface area (Å²) < 4.78 is 5.68. The van der Waals surface area contributed by atoms with Gasteiger partial charge in [0.1, 0.15) is 18.0 Å². The van der Waals surface area contributed by atoms with Gasteiger partial charge in [0, 0.05) is 13.1 Å². The maximum Gasteiger partial charge on any atom is 0.339 e. The molecular weight excluding hydrogens is 242 g/mol. The summed E-state index contributed by atoms with van der Waals surface area (Å²) in [6, 6.07) is 6.78. The molecule has 1 saturated heterocycles. The third kappa shape index (κ3) is 3.70. The molecule has 19 heavy (non-hydrogen) atoms. The molecule has 0 spiro atoms. The van der Waals surface area contributed by atoms with Gasteiger partial charge in [0.05, 0.1) is 0 Å². The number of nitrogens with zero attached hydrogens (tertiary/aromatic N) is 1. The summed E-state index contributed by atoms with van der Waals surface area (Å²) in [6.45, 7) is 6.97. The van der Waals surface area contributed by atoms with Gasteiger partial charge in [-0.1, -0.05) is 26.0 Å². The van der Waals surface area contributed by atoms with Crippen LogP contribution in [0.4, 0.5) is 0 Å². The van der Waals surface area contributed by atoms with Crippen LogP contribution in [0.5, 0.6) is 5.75 Å². The Labute approximate surface area is 114 Å². The molecule has 1 heterocycles. The molecule has 104 valence electrons. The number of hydrogen-bond donors (Lipinski definition) is 1. The highest BCUT2D eigenvalue weighted by Gasteiger charge is 2.22. The normalized spacial score (nSPS) is 24.1. The van der Waals surface area contributed by atoms with Crippen molar-refractivity contribution in [2.45, 2.75) is 20.3 Å². The summed E-state index contributed by atoms with van der Waals surface area (Å²) in [4.78, 5) is 13.3. The monoisotopic (exact) mass is 263 g/mol. The molecule has 1 aliphatic heterocycles. The van der Waals surface area contributed by atoms with Gasteiger partial charge in [-0.25, -0.2) is 4.79 Å². The van der Waals surface area contributed by atoms with Crippen LogP contribution in [-0.4, -0.2) is 35.8 Å². The smallest absolute Gasteiger partial charge is 0.339 e. The number of ether oxygens (including phenoxy) is 1. The van der Waals surface area contributed by atoms with Gasteiger partial charge in [0.15, 0.2) is 0 Å². The summed E-state index contributed by atoms with van der Waals surface area (Å²) >= 11 is 0. The lowest BCUT2D eigenvalue weighted by molar-refractivity contribution is 0.0583. The molecule has 1 aromatic carbocycles. The van der Waals surface area contributed by atoms with Crippen molar-refractivity contribution in [1.82, 2.24) is 4.90 Å². The average molecular weight is 263 g/mol. The van der Waals surface area contributed by atoms with E-state index < -0.39 is 5.97 Å². The zero-order valence-electron chi connectivity index (χ0n) is 11.5. The van der Waals surface area contributed by atoms with Crippen LogP contribution in [0.2, 0.25) is 0 Å². The van der Waals surface area contributed by atoms with Crippen molar-refractivity contribution in [2.24, 2.45) is 11.8 Å². The van der Waals surface area contributed by atoms with E-state index in [0.717, 1.165) is 13.1 Å². The number of piperidine rings is 1. The van der Waals surface area contributed by atoms with Gasteiger partial charge >= 0.3 is 5.97 Å². The van der Waals surface area contributed by atoms with E-state index in [1.807, 2.05) is 0 Å². The Hall–Kier alpha value is -1.55. The van der Waals surface area contributed by atoms with Crippen LogP contribution in [0.3, 0.4) is 0 Å². The summed E-state index contributed by atoms with van der Waals surface area (Å²) in [5.74, 6) is 0.834. The van der Waals surface area contributed by atoms with Crippen LogP contribution in [0.25, 0.3) is 0 Å². The van der Waals surface area contributed by atoms with Crippen molar-refractivity contribution in [3.8, 4) is 5.75 Å². The SMILES string of the molecule is CC1CC(C)CN(COc2ccccc2C(=O)O)C1. The number of aromatic carboxylic acids is 1. The highest BCUT2D eigenvalue weighted by Crippen LogP contribution is 2.22. The third-order valence-electron chi connectivity index (χ3n) is 3.46. The predicted molar refractivity (Wildman–Crippen MR) is 73.4 cm³/mol. The topological polar surface area (TPSA) is 49.8 Å². The Bertz CT molecular complexity index is 437. The number of hydrogen-bond acceptors (Lipinski definition) is 3. The zero-order chi connectivity index (χ0) is 13.8. The van der Waals surface area contributed by atoms with Crippen LogP contribution in [0, 0.1) is 11.8 Å². The van der Waals surface area contributed by atoms with E-state index in [4.69, 9.17) is 9.84 Å². The van der Waals surface area contributed by atoms with Crippen LogP contribution in [0.1, 0.15) is 30.6 Å². The van der Waals surface area contributed by atoms with Crippen LogP contribution in [0.15, 0.2) is 24.3 Å². The lowest BCUT2D eigenvalue weighted by Gasteiger charge is -2.34. The standard InChI is InChI=1S/C15H21NO3/c1-11-7-12(2)9-16(8-11)10-19-14-6-4-3-5-13(14)15(17)18/h3-6,11-12H,7-10H2,1-2H3,(H,17,18). The van der Waals surface area contributed by atoms with E-state index in [9.17, 15) is 4.79 Å². The van der Waals surface area contributed by atoms with Crippen LogP contribution < -0.4 is 4.74 Å². The Morgan fingerprint density at radius 1 is 1.32 bits per heavy atom. The van der Waals surface area contributed by atoms with Gasteiger partial charge in [-0.3, -0.25) is 4.90 Å². The fourth-order valence-electron chi connectivity index (χ4n) is 2.83. The number of carboxylic acids is 1. The van der Waals surface area contributed by atoms with Gasteiger partial charge in [0.25, 0.3) is 0 Å². The van der Waals surface area contributed by atoms with E-state index in [1.54, 1.807) is 24.3 Å². The average Bonchev–Trinajstić information content (AvgIpc) is 2.35. The Balaban J connectivity index is 1.97. The maximum absolute atomic E-state index is 11.1. The fraction of sp³-hybridized carbons (Fsp3) is 0.533. The zero-order valence-corrected chi connectivity index (χ0v) is 11.5. The van der Waals surface area contributed by atoms with Crippen molar-refractivity contribution in [2.75, 3.05) is 19.8 Å². The van der Waals surface area contributed by atoms with Crippen molar-refractivity contribution >= 4 is 5.97 Å². The second-order valence-corrected chi connectivity index (χ2v) is 5.56. The molecule has 0 aromatic heterocycles. The van der Waals surface area contributed by atoms with Crippen LogP contribution in [-0.2, 0) is 0 Å². The van der Waals surface area contributed by atoms with Gasteiger partial charge < -0.3 is 9.84 Å². The van der Waals surface area contributed by atoms with Gasteiger partial charge in [0.2, 0.25) is 0 Å². The van der Waals surface area contributed by atoms with E-state index in [2.05, 4.69) is 18.7 Å². The first-order chi connectivity index (χ1) is 9.06. The second-order valence-electron chi connectivity index (χ2n) is 5.56. The number of benzene rings is 1. The molecule has 2 rings (SSSR count). The minimum atomic E-state index is -0.948. The highest BCUT2D eigenvalue weighted by molar-refractivity contribution is 5.90. The number of para-hydroxylation sites is 1. The number of rotatable bonds is 4. The van der Waals surface area contributed by atoms with E-state index in [1.165, 1.54) is 6.42 Å². The van der Waals surface area contributed by atoms with Crippen molar-refractivity contribution < 1.29 is 14.6 Å². The molecule has 1 aliphatic rings. The molecule has 1 fully saturated rings. The molecule has 0 saturated carbocycles. The minimum Gasteiger partial charge on any atom is -0.478 e. The van der Waals surface area contributed by atoms with Crippen molar-refractivity contribution in [1.29, 1.82) is 0 Å². The maximum atomic E-state index is 11.1. The lowest BCUT2D eigenvalue weighted by Crippen LogP contribution is -2.40. The first kappa shape index (κ1) is 13.9. The first-order valence-electron chi connectivity index (χ1n) is 6.73. The Morgan fingerprint density at radius 3 is 2.58 bits per heavy atom. The molecule has 4 nitrogen and oxygen atoms in total. The largest absolute Gasteiger partial charge is 0.478 e. The molecule has 4 heteroatoms. The molecule has 1 N–H and O–H groups in total. The van der Waals surface area contributed by atoms with Crippen LogP contribution >= 0.6 is 0 Å². The van der Waals surface area contributed by atoms with E-state index in [0.29, 0.717) is 24.3 Å². The summed E-state index contributed by atoms with van der Waals surface area (Å²) in [7, 11) is 0. The molecular formula is C15H21NO3. The van der Waals surface area contributed by atoms with Gasteiger partial charge in [-0.2, -0.15) is 0 Å². The third-order valence-corrected chi connectivity index (χ3v) is 3.46. The van der Waals surface area contributed by atoms with E-state index >= 15 is 0 Å². The molecule has 0 amide bonds. The minimum absolute atomic E-state index is 0.223.